The Morgan fingerprint density at radius 2 is 2.18 bits per heavy atom. The number of nitrogen functional groups attached to an aromatic ring is 1. The molecule has 2 heterocycles. The number of nitrogens with zero attached hydrogens (tertiary/aromatic N) is 2. The largest absolute Gasteiger partial charge is 0.375 e. The molecule has 0 aliphatic carbocycles. The molecule has 4 nitrogen and oxygen atoms in total. The highest BCUT2D eigenvalue weighted by Crippen LogP contribution is 2.25. The number of nitrogens with two attached hydrogens (primary N) is 1. The lowest BCUT2D eigenvalue weighted by atomic mass is 10.2. The predicted molar refractivity (Wildman–Crippen MR) is 73.3 cm³/mol. The Balaban J connectivity index is 1.95. The molecule has 94 valence electrons. The van der Waals surface area contributed by atoms with Gasteiger partial charge in [0.2, 0.25) is 5.91 Å². The van der Waals surface area contributed by atoms with Crippen LogP contribution in [0, 0.1) is 0 Å². The van der Waals surface area contributed by atoms with Crippen LogP contribution < -0.4 is 5.73 Å². The second-order valence-electron chi connectivity index (χ2n) is 4.41. The lowest BCUT2D eigenvalue weighted by Crippen LogP contribution is -2.44. The Hall–Kier alpha value is -0.750. The summed E-state index contributed by atoms with van der Waals surface area (Å²) >= 11 is 3.33. The molecule has 1 aliphatic heterocycles. The van der Waals surface area contributed by atoms with Gasteiger partial charge in [-0.25, -0.2) is 4.98 Å². The minimum absolute atomic E-state index is 0.161. The van der Waals surface area contributed by atoms with Crippen LogP contribution in [0.2, 0.25) is 0 Å². The molecule has 0 radical (unpaired) electrons. The molecule has 0 aromatic carbocycles. The van der Waals surface area contributed by atoms with Gasteiger partial charge >= 0.3 is 0 Å². The van der Waals surface area contributed by atoms with E-state index in [9.17, 15) is 4.79 Å². The summed E-state index contributed by atoms with van der Waals surface area (Å²) in [7, 11) is 0. The number of carbonyl (C=O) groups is 1. The van der Waals surface area contributed by atoms with Gasteiger partial charge in [0.15, 0.2) is 5.13 Å². The zero-order valence-electron chi connectivity index (χ0n) is 10.0. The van der Waals surface area contributed by atoms with Crippen LogP contribution in [-0.2, 0) is 11.2 Å². The van der Waals surface area contributed by atoms with E-state index in [0.717, 1.165) is 18.8 Å². The van der Waals surface area contributed by atoms with Crippen LogP contribution in [0.15, 0.2) is 5.38 Å². The molecule has 17 heavy (non-hydrogen) atoms. The van der Waals surface area contributed by atoms with Gasteiger partial charge in [0.25, 0.3) is 0 Å². The quantitative estimate of drug-likeness (QED) is 0.888. The van der Waals surface area contributed by atoms with Crippen LogP contribution in [0.3, 0.4) is 0 Å². The molecule has 1 aromatic rings. The van der Waals surface area contributed by atoms with Crippen molar-refractivity contribution in [3.8, 4) is 0 Å². The van der Waals surface area contributed by atoms with Gasteiger partial charge in [-0.05, 0) is 0 Å². The average Bonchev–Trinajstić information content (AvgIpc) is 2.62. The normalized spacial score (nSPS) is 24.9. The molecule has 1 amide bonds. The van der Waals surface area contributed by atoms with E-state index < -0.39 is 0 Å². The van der Waals surface area contributed by atoms with Crippen LogP contribution in [0.1, 0.15) is 19.5 Å². The number of hydrogen-bond donors (Lipinski definition) is 1. The Morgan fingerprint density at radius 3 is 2.71 bits per heavy atom. The zero-order valence-corrected chi connectivity index (χ0v) is 11.7. The fourth-order valence-corrected chi connectivity index (χ4v) is 3.94. The SMILES string of the molecule is CC1CN(C(=O)Cc2csc(N)n2)CC(C)S1. The summed E-state index contributed by atoms with van der Waals surface area (Å²) in [6.45, 7) is 6.02. The van der Waals surface area contributed by atoms with Crippen LogP contribution >= 0.6 is 23.1 Å². The number of rotatable bonds is 2. The maximum Gasteiger partial charge on any atom is 0.228 e. The molecule has 0 spiro atoms. The van der Waals surface area contributed by atoms with Gasteiger partial charge in [-0.2, -0.15) is 11.8 Å². The minimum atomic E-state index is 0.161. The summed E-state index contributed by atoms with van der Waals surface area (Å²) in [6, 6.07) is 0. The summed E-state index contributed by atoms with van der Waals surface area (Å²) in [5.41, 5.74) is 6.34. The smallest absolute Gasteiger partial charge is 0.228 e. The Labute approximate surface area is 110 Å². The molecule has 1 aromatic heterocycles. The van der Waals surface area contributed by atoms with Crippen molar-refractivity contribution in [2.24, 2.45) is 0 Å². The van der Waals surface area contributed by atoms with Crippen LogP contribution in [-0.4, -0.2) is 39.4 Å². The Morgan fingerprint density at radius 1 is 1.53 bits per heavy atom. The van der Waals surface area contributed by atoms with Crippen LogP contribution in [0.25, 0.3) is 0 Å². The van der Waals surface area contributed by atoms with Gasteiger partial charge in [0.05, 0.1) is 12.1 Å². The van der Waals surface area contributed by atoms with Crippen molar-refractivity contribution in [1.82, 2.24) is 9.88 Å². The zero-order chi connectivity index (χ0) is 12.4. The fraction of sp³-hybridized carbons (Fsp3) is 0.636. The second-order valence-corrected chi connectivity index (χ2v) is 7.18. The van der Waals surface area contributed by atoms with Crippen molar-refractivity contribution in [2.75, 3.05) is 18.8 Å². The molecule has 2 atom stereocenters. The Kier molecular flexibility index (Phi) is 3.93. The van der Waals surface area contributed by atoms with Crippen LogP contribution in [0.5, 0.6) is 0 Å². The first-order valence-electron chi connectivity index (χ1n) is 5.67. The first-order valence-corrected chi connectivity index (χ1v) is 7.50. The van der Waals surface area contributed by atoms with E-state index in [1.54, 1.807) is 0 Å². The average molecular weight is 271 g/mol. The molecular weight excluding hydrogens is 254 g/mol. The molecule has 2 rings (SSSR count). The molecule has 0 saturated carbocycles. The van der Waals surface area contributed by atoms with E-state index in [1.165, 1.54) is 11.3 Å². The summed E-state index contributed by atoms with van der Waals surface area (Å²) in [5.74, 6) is 0.161. The molecule has 1 saturated heterocycles. The second kappa shape index (κ2) is 5.27. The van der Waals surface area contributed by atoms with Crippen molar-refractivity contribution in [2.45, 2.75) is 30.8 Å². The van der Waals surface area contributed by atoms with Crippen molar-refractivity contribution in [3.63, 3.8) is 0 Å². The molecule has 1 aliphatic rings. The van der Waals surface area contributed by atoms with E-state index in [0.29, 0.717) is 22.1 Å². The summed E-state index contributed by atoms with van der Waals surface area (Å²) in [5, 5.41) is 3.42. The monoisotopic (exact) mass is 271 g/mol. The summed E-state index contributed by atoms with van der Waals surface area (Å²) in [6.07, 6.45) is 0.373. The molecule has 0 bridgehead atoms. The van der Waals surface area contributed by atoms with Crippen LogP contribution in [0.4, 0.5) is 5.13 Å². The number of thiazole rings is 1. The van der Waals surface area contributed by atoms with Crippen molar-refractivity contribution in [3.05, 3.63) is 11.1 Å². The Bertz CT molecular complexity index is 397. The lowest BCUT2D eigenvalue weighted by Gasteiger charge is -2.34. The van der Waals surface area contributed by atoms with Crippen molar-refractivity contribution >= 4 is 34.1 Å². The van der Waals surface area contributed by atoms with Gasteiger partial charge in [0, 0.05) is 29.0 Å². The number of carbonyl (C=O) groups excluding carboxylic acids is 1. The number of anilines is 1. The molecule has 2 N–H and O–H groups in total. The van der Waals surface area contributed by atoms with Gasteiger partial charge < -0.3 is 10.6 Å². The maximum absolute atomic E-state index is 12.1. The first-order chi connectivity index (χ1) is 8.04. The number of thioether (sulfide) groups is 1. The predicted octanol–water partition coefficient (Wildman–Crippen LogP) is 1.62. The van der Waals surface area contributed by atoms with Gasteiger partial charge in [-0.15, -0.1) is 11.3 Å². The van der Waals surface area contributed by atoms with E-state index >= 15 is 0 Å². The fourth-order valence-electron chi connectivity index (χ4n) is 2.05. The highest BCUT2D eigenvalue weighted by molar-refractivity contribution is 8.00. The standard InChI is InChI=1S/C11H17N3OS2/c1-7-4-14(5-8(2)17-7)10(15)3-9-6-16-11(12)13-9/h6-8H,3-5H2,1-2H3,(H2,12,13). The third-order valence-electron chi connectivity index (χ3n) is 2.67. The highest BCUT2D eigenvalue weighted by atomic mass is 32.2. The van der Waals surface area contributed by atoms with E-state index in [1.807, 2.05) is 22.0 Å². The summed E-state index contributed by atoms with van der Waals surface area (Å²) < 4.78 is 0. The number of aromatic nitrogens is 1. The van der Waals surface area contributed by atoms with Crippen molar-refractivity contribution in [1.29, 1.82) is 0 Å². The van der Waals surface area contributed by atoms with Gasteiger partial charge in [-0.1, -0.05) is 13.8 Å². The topological polar surface area (TPSA) is 59.2 Å². The molecular formula is C11H17N3OS2. The third-order valence-corrected chi connectivity index (χ3v) is 4.62. The van der Waals surface area contributed by atoms with Gasteiger partial charge in [0.1, 0.15) is 0 Å². The van der Waals surface area contributed by atoms with Gasteiger partial charge in [-0.3, -0.25) is 4.79 Å². The van der Waals surface area contributed by atoms with E-state index in [4.69, 9.17) is 5.73 Å². The van der Waals surface area contributed by atoms with E-state index in [2.05, 4.69) is 18.8 Å². The number of amides is 1. The lowest BCUT2D eigenvalue weighted by molar-refractivity contribution is -0.130. The van der Waals surface area contributed by atoms with Crippen molar-refractivity contribution < 1.29 is 4.79 Å². The maximum atomic E-state index is 12.1. The minimum Gasteiger partial charge on any atom is -0.375 e. The van der Waals surface area contributed by atoms with E-state index in [-0.39, 0.29) is 5.91 Å². The number of hydrogen-bond acceptors (Lipinski definition) is 5. The molecule has 1 fully saturated rings. The third kappa shape index (κ3) is 3.35. The molecule has 6 heteroatoms. The summed E-state index contributed by atoms with van der Waals surface area (Å²) in [4.78, 5) is 18.2. The molecule has 2 unspecified atom stereocenters. The first kappa shape index (κ1) is 12.7. The highest BCUT2D eigenvalue weighted by Gasteiger charge is 2.26.